The Labute approximate surface area is 135 Å². The molecule has 0 saturated heterocycles. The fourth-order valence-corrected chi connectivity index (χ4v) is 2.99. The van der Waals surface area contributed by atoms with E-state index in [9.17, 15) is 19.8 Å². The fraction of sp³-hybridized carbons (Fsp3) is 0.444. The number of aliphatic carboxylic acids is 1. The van der Waals surface area contributed by atoms with Gasteiger partial charge in [-0.05, 0) is 18.4 Å². The van der Waals surface area contributed by atoms with E-state index >= 15 is 0 Å². The van der Waals surface area contributed by atoms with Crippen molar-refractivity contribution in [2.75, 3.05) is 0 Å². The second-order valence-corrected chi connectivity index (χ2v) is 6.00. The van der Waals surface area contributed by atoms with E-state index in [1.165, 1.54) is 0 Å². The molecule has 1 fully saturated rings. The predicted octanol–water partition coefficient (Wildman–Crippen LogP) is 1.58. The molecule has 3 N–H and O–H groups in total. The molecule has 124 valence electrons. The molecule has 0 aliphatic heterocycles. The third-order valence-corrected chi connectivity index (χ3v) is 4.25. The van der Waals surface area contributed by atoms with E-state index in [1.54, 1.807) is 12.2 Å². The lowest BCUT2D eigenvalue weighted by molar-refractivity contribution is -0.140. The number of hydrogen-bond donors (Lipinski definition) is 3. The SMILES string of the molecule is O=C(O)CC1C(=O)CC(O)C1C=C[C@@H](O)CCc1ccccc1. The first kappa shape index (κ1) is 17.4. The van der Waals surface area contributed by atoms with Crippen LogP contribution in [0.25, 0.3) is 0 Å². The third-order valence-electron chi connectivity index (χ3n) is 4.25. The molecule has 1 aliphatic rings. The Balaban J connectivity index is 1.91. The van der Waals surface area contributed by atoms with Crippen LogP contribution < -0.4 is 0 Å². The quantitative estimate of drug-likeness (QED) is 0.664. The summed E-state index contributed by atoms with van der Waals surface area (Å²) >= 11 is 0. The number of aliphatic hydroxyl groups excluding tert-OH is 2. The van der Waals surface area contributed by atoms with Gasteiger partial charge in [0.15, 0.2) is 0 Å². The number of aryl methyl sites for hydroxylation is 1. The number of rotatable bonds is 7. The molecule has 1 aromatic carbocycles. The van der Waals surface area contributed by atoms with Crippen LogP contribution in [0.1, 0.15) is 24.8 Å². The summed E-state index contributed by atoms with van der Waals surface area (Å²) in [6, 6.07) is 9.78. The Morgan fingerprint density at radius 3 is 2.65 bits per heavy atom. The number of aliphatic hydroxyl groups is 2. The summed E-state index contributed by atoms with van der Waals surface area (Å²) < 4.78 is 0. The Bertz CT molecular complexity index is 566. The zero-order chi connectivity index (χ0) is 16.8. The summed E-state index contributed by atoms with van der Waals surface area (Å²) in [6.45, 7) is 0. The number of hydrogen-bond acceptors (Lipinski definition) is 4. The highest BCUT2D eigenvalue weighted by Crippen LogP contribution is 2.33. The van der Waals surface area contributed by atoms with Crippen LogP contribution in [-0.2, 0) is 16.0 Å². The maximum absolute atomic E-state index is 11.8. The molecule has 0 spiro atoms. The van der Waals surface area contributed by atoms with Gasteiger partial charge in [-0.15, -0.1) is 0 Å². The molecule has 0 bridgehead atoms. The average Bonchev–Trinajstić information content (AvgIpc) is 2.77. The van der Waals surface area contributed by atoms with Gasteiger partial charge >= 0.3 is 5.97 Å². The van der Waals surface area contributed by atoms with Gasteiger partial charge in [-0.1, -0.05) is 42.5 Å². The second kappa shape index (κ2) is 8.04. The van der Waals surface area contributed by atoms with Crippen molar-refractivity contribution in [1.82, 2.24) is 0 Å². The zero-order valence-electron chi connectivity index (χ0n) is 12.8. The van der Waals surface area contributed by atoms with Gasteiger partial charge in [0, 0.05) is 18.3 Å². The van der Waals surface area contributed by atoms with Crippen LogP contribution in [0.5, 0.6) is 0 Å². The van der Waals surface area contributed by atoms with Gasteiger partial charge in [0.1, 0.15) is 5.78 Å². The Kier molecular flexibility index (Phi) is 6.07. The number of benzene rings is 1. The number of carboxylic acids is 1. The maximum Gasteiger partial charge on any atom is 0.304 e. The molecule has 23 heavy (non-hydrogen) atoms. The summed E-state index contributed by atoms with van der Waals surface area (Å²) in [5.74, 6) is -2.53. The molecule has 5 nitrogen and oxygen atoms in total. The van der Waals surface area contributed by atoms with Gasteiger partial charge in [0.2, 0.25) is 0 Å². The second-order valence-electron chi connectivity index (χ2n) is 6.00. The van der Waals surface area contributed by atoms with Crippen molar-refractivity contribution in [2.45, 2.75) is 37.9 Å². The Morgan fingerprint density at radius 1 is 1.30 bits per heavy atom. The first-order valence-electron chi connectivity index (χ1n) is 7.80. The van der Waals surface area contributed by atoms with Gasteiger partial charge in [0.25, 0.3) is 0 Å². The monoisotopic (exact) mass is 318 g/mol. The molecule has 2 rings (SSSR count). The van der Waals surface area contributed by atoms with E-state index in [0.29, 0.717) is 6.42 Å². The largest absolute Gasteiger partial charge is 0.481 e. The first-order chi connectivity index (χ1) is 11.0. The van der Waals surface area contributed by atoms with Crippen LogP contribution >= 0.6 is 0 Å². The molecule has 1 aromatic rings. The predicted molar refractivity (Wildman–Crippen MR) is 84.8 cm³/mol. The van der Waals surface area contributed by atoms with E-state index in [0.717, 1.165) is 12.0 Å². The molecule has 0 heterocycles. The molecule has 1 aliphatic carbocycles. The van der Waals surface area contributed by atoms with Crippen LogP contribution in [0, 0.1) is 11.8 Å². The minimum atomic E-state index is -1.06. The molecular weight excluding hydrogens is 296 g/mol. The van der Waals surface area contributed by atoms with Crippen molar-refractivity contribution in [3.8, 4) is 0 Å². The summed E-state index contributed by atoms with van der Waals surface area (Å²) in [4.78, 5) is 22.6. The lowest BCUT2D eigenvalue weighted by Gasteiger charge is -2.16. The number of carbonyl (C=O) groups excluding carboxylic acids is 1. The molecule has 5 heteroatoms. The van der Waals surface area contributed by atoms with Gasteiger partial charge in [-0.3, -0.25) is 9.59 Å². The summed E-state index contributed by atoms with van der Waals surface area (Å²) in [5, 5.41) is 28.8. The highest BCUT2D eigenvalue weighted by molar-refractivity contribution is 5.88. The van der Waals surface area contributed by atoms with Crippen LogP contribution in [-0.4, -0.2) is 39.3 Å². The highest BCUT2D eigenvalue weighted by Gasteiger charge is 2.41. The van der Waals surface area contributed by atoms with Crippen molar-refractivity contribution in [2.24, 2.45) is 11.8 Å². The summed E-state index contributed by atoms with van der Waals surface area (Å²) in [7, 11) is 0. The maximum atomic E-state index is 11.8. The number of Topliss-reactive ketones (excluding diaryl/α,β-unsaturated/α-hetero) is 1. The third kappa shape index (κ3) is 5.01. The molecule has 0 aromatic heterocycles. The number of ketones is 1. The van der Waals surface area contributed by atoms with Gasteiger partial charge in [-0.2, -0.15) is 0 Å². The van der Waals surface area contributed by atoms with Gasteiger partial charge < -0.3 is 15.3 Å². The van der Waals surface area contributed by atoms with Crippen molar-refractivity contribution in [1.29, 1.82) is 0 Å². The fourth-order valence-electron chi connectivity index (χ4n) is 2.99. The summed E-state index contributed by atoms with van der Waals surface area (Å²) in [6.07, 6.45) is 2.53. The van der Waals surface area contributed by atoms with Crippen LogP contribution in [0.3, 0.4) is 0 Å². The topological polar surface area (TPSA) is 94.8 Å². The molecule has 4 atom stereocenters. The van der Waals surface area contributed by atoms with Gasteiger partial charge in [0.05, 0.1) is 18.6 Å². The first-order valence-corrected chi connectivity index (χ1v) is 7.80. The van der Waals surface area contributed by atoms with Crippen molar-refractivity contribution in [3.05, 3.63) is 48.0 Å². The van der Waals surface area contributed by atoms with E-state index < -0.39 is 30.0 Å². The average molecular weight is 318 g/mol. The van der Waals surface area contributed by atoms with E-state index in [1.807, 2.05) is 30.3 Å². The smallest absolute Gasteiger partial charge is 0.304 e. The molecule has 3 unspecified atom stereocenters. The molecule has 1 saturated carbocycles. The normalized spacial score (nSPS) is 25.8. The molecular formula is C18H22O5. The Morgan fingerprint density at radius 2 is 2.00 bits per heavy atom. The Hall–Kier alpha value is -1.98. The lowest BCUT2D eigenvalue weighted by atomic mass is 9.90. The minimum absolute atomic E-state index is 0.0208. The van der Waals surface area contributed by atoms with Crippen molar-refractivity contribution in [3.63, 3.8) is 0 Å². The minimum Gasteiger partial charge on any atom is -0.481 e. The number of carbonyl (C=O) groups is 2. The van der Waals surface area contributed by atoms with Gasteiger partial charge in [-0.25, -0.2) is 0 Å². The van der Waals surface area contributed by atoms with E-state index in [2.05, 4.69) is 0 Å². The summed E-state index contributed by atoms with van der Waals surface area (Å²) in [5.41, 5.74) is 1.12. The van der Waals surface area contributed by atoms with Crippen molar-refractivity contribution < 1.29 is 24.9 Å². The zero-order valence-corrected chi connectivity index (χ0v) is 12.8. The van der Waals surface area contributed by atoms with Crippen molar-refractivity contribution >= 4 is 11.8 Å². The number of carboxylic acid groups (broad SMARTS) is 1. The van der Waals surface area contributed by atoms with Crippen LogP contribution in [0.4, 0.5) is 0 Å². The van der Waals surface area contributed by atoms with E-state index in [-0.39, 0.29) is 18.6 Å². The van der Waals surface area contributed by atoms with Crippen LogP contribution in [0.15, 0.2) is 42.5 Å². The lowest BCUT2D eigenvalue weighted by Crippen LogP contribution is -2.22. The standard InChI is InChI=1S/C18H22O5/c19-13(7-6-12-4-2-1-3-5-12)8-9-14-15(10-18(22)23)17(21)11-16(14)20/h1-5,8-9,13-16,19-20H,6-7,10-11H2,(H,22,23)/t13-,14?,15?,16?/m0/s1. The van der Waals surface area contributed by atoms with E-state index in [4.69, 9.17) is 5.11 Å². The molecule has 0 radical (unpaired) electrons. The highest BCUT2D eigenvalue weighted by atomic mass is 16.4. The van der Waals surface area contributed by atoms with Crippen LogP contribution in [0.2, 0.25) is 0 Å². The molecule has 0 amide bonds.